The van der Waals surface area contributed by atoms with Gasteiger partial charge in [-0.1, -0.05) is 19.6 Å². The second-order valence-corrected chi connectivity index (χ2v) is 16.3. The molecular formula is C25H35N5O4Si. The van der Waals surface area contributed by atoms with Crippen LogP contribution >= 0.6 is 0 Å². The predicted molar refractivity (Wildman–Crippen MR) is 138 cm³/mol. The van der Waals surface area contributed by atoms with Crippen LogP contribution in [0, 0.1) is 0 Å². The van der Waals surface area contributed by atoms with E-state index in [4.69, 9.17) is 19.3 Å². The maximum atomic E-state index is 9.71. The average Bonchev–Trinajstić information content (AvgIpc) is 3.53. The van der Waals surface area contributed by atoms with E-state index in [1.165, 1.54) is 0 Å². The van der Waals surface area contributed by atoms with Crippen molar-refractivity contribution >= 4 is 24.8 Å². The van der Waals surface area contributed by atoms with Crippen LogP contribution in [0.4, 0.5) is 5.82 Å². The van der Waals surface area contributed by atoms with Gasteiger partial charge in [0.1, 0.15) is 30.2 Å². The van der Waals surface area contributed by atoms with Crippen molar-refractivity contribution < 1.29 is 19.3 Å². The molecule has 188 valence electrons. The number of morpholine rings is 1. The Hall–Kier alpha value is -2.53. The molecule has 10 heteroatoms. The molecule has 2 aromatic heterocycles. The highest BCUT2D eigenvalue weighted by Gasteiger charge is 2.45. The molecule has 3 heterocycles. The number of aromatic nitrogens is 4. The zero-order chi connectivity index (χ0) is 24.5. The van der Waals surface area contributed by atoms with E-state index in [1.54, 1.807) is 6.33 Å². The molecule has 0 bridgehead atoms. The quantitative estimate of drug-likeness (QED) is 0.336. The minimum absolute atomic E-state index is 0.0247. The molecule has 1 aromatic carbocycles. The van der Waals surface area contributed by atoms with Gasteiger partial charge in [0.15, 0.2) is 0 Å². The molecule has 5 rings (SSSR count). The molecule has 0 unspecified atom stereocenters. The number of aliphatic hydroxyl groups is 1. The van der Waals surface area contributed by atoms with Crippen molar-refractivity contribution in [1.82, 2.24) is 19.7 Å². The third-order valence-corrected chi connectivity index (χ3v) is 8.28. The Labute approximate surface area is 207 Å². The summed E-state index contributed by atoms with van der Waals surface area (Å²) in [7, 11) is -1.19. The number of benzene rings is 1. The first-order valence-electron chi connectivity index (χ1n) is 12.4. The zero-order valence-corrected chi connectivity index (χ0v) is 21.9. The normalized spacial score (nSPS) is 17.7. The van der Waals surface area contributed by atoms with Crippen molar-refractivity contribution in [3.63, 3.8) is 0 Å². The molecule has 1 N–H and O–H groups in total. The Kier molecular flexibility index (Phi) is 6.80. The van der Waals surface area contributed by atoms with Crippen molar-refractivity contribution in [3.8, 4) is 17.1 Å². The second-order valence-electron chi connectivity index (χ2n) is 10.7. The highest BCUT2D eigenvalue weighted by atomic mass is 28.3. The molecule has 1 saturated carbocycles. The first-order valence-corrected chi connectivity index (χ1v) is 16.1. The molecule has 1 aliphatic carbocycles. The average molecular weight is 498 g/mol. The van der Waals surface area contributed by atoms with Gasteiger partial charge in [0.25, 0.3) is 0 Å². The van der Waals surface area contributed by atoms with Gasteiger partial charge in [-0.2, -0.15) is 5.10 Å². The smallest absolute Gasteiger partial charge is 0.140 e. The van der Waals surface area contributed by atoms with Gasteiger partial charge < -0.3 is 24.2 Å². The number of fused-ring (bicyclic) bond motifs is 1. The van der Waals surface area contributed by atoms with Gasteiger partial charge >= 0.3 is 0 Å². The Bertz CT molecular complexity index is 1170. The highest BCUT2D eigenvalue weighted by Crippen LogP contribution is 2.41. The Morgan fingerprint density at radius 3 is 2.63 bits per heavy atom. The van der Waals surface area contributed by atoms with Gasteiger partial charge in [0.2, 0.25) is 0 Å². The van der Waals surface area contributed by atoms with Gasteiger partial charge in [0.05, 0.1) is 36.7 Å². The van der Waals surface area contributed by atoms with Gasteiger partial charge in [-0.25, -0.2) is 14.6 Å². The minimum atomic E-state index is -1.19. The van der Waals surface area contributed by atoms with Crippen molar-refractivity contribution in [2.45, 2.75) is 50.9 Å². The van der Waals surface area contributed by atoms with Gasteiger partial charge in [-0.15, -0.1) is 0 Å². The summed E-state index contributed by atoms with van der Waals surface area (Å²) < 4.78 is 19.6. The number of hydrogen-bond acceptors (Lipinski definition) is 8. The lowest BCUT2D eigenvalue weighted by molar-refractivity contribution is 0.0802. The van der Waals surface area contributed by atoms with Crippen molar-refractivity contribution in [1.29, 1.82) is 0 Å². The SMILES string of the molecule is C[Si](C)(C)CCOCn1nc2ccc(OC3(CO)CC3)cc2c1-c1cc(N2CCOCC2)ncn1. The molecule has 1 saturated heterocycles. The molecule has 1 aliphatic heterocycles. The van der Waals surface area contributed by atoms with Crippen LogP contribution < -0.4 is 9.64 Å². The second kappa shape index (κ2) is 9.85. The molecule has 2 aliphatic rings. The summed E-state index contributed by atoms with van der Waals surface area (Å²) in [6.07, 6.45) is 3.35. The van der Waals surface area contributed by atoms with E-state index < -0.39 is 13.7 Å². The fourth-order valence-electron chi connectivity index (χ4n) is 4.19. The van der Waals surface area contributed by atoms with Crippen LogP contribution in [0.2, 0.25) is 25.7 Å². The van der Waals surface area contributed by atoms with Crippen LogP contribution in [0.1, 0.15) is 12.8 Å². The Morgan fingerprint density at radius 1 is 1.11 bits per heavy atom. The van der Waals surface area contributed by atoms with Crippen LogP contribution in [0.5, 0.6) is 5.75 Å². The summed E-state index contributed by atoms with van der Waals surface area (Å²) >= 11 is 0. The maximum absolute atomic E-state index is 9.71. The minimum Gasteiger partial charge on any atom is -0.485 e. The molecule has 0 radical (unpaired) electrons. The Morgan fingerprint density at radius 2 is 1.91 bits per heavy atom. The summed E-state index contributed by atoms with van der Waals surface area (Å²) in [5.74, 6) is 1.61. The molecule has 0 amide bonds. The molecule has 9 nitrogen and oxygen atoms in total. The summed E-state index contributed by atoms with van der Waals surface area (Å²) in [4.78, 5) is 11.4. The standard InChI is InChI=1S/C25H35N5O4Si/c1-35(2,3)13-12-33-18-30-24(22-15-23(27-17-26-22)29-8-10-32-11-9-29)20-14-19(4-5-21(20)28-30)34-25(16-31)6-7-25/h4-5,14-15,17,31H,6-13,16,18H2,1-3H3. The lowest BCUT2D eigenvalue weighted by Crippen LogP contribution is -2.36. The van der Waals surface area contributed by atoms with E-state index in [0.29, 0.717) is 26.6 Å². The first kappa shape index (κ1) is 24.2. The number of ether oxygens (including phenoxy) is 3. The third-order valence-electron chi connectivity index (χ3n) is 6.58. The van der Waals surface area contributed by atoms with E-state index in [1.807, 2.05) is 28.9 Å². The van der Waals surface area contributed by atoms with Crippen LogP contribution in [0.25, 0.3) is 22.3 Å². The van der Waals surface area contributed by atoms with Crippen LogP contribution in [-0.4, -0.2) is 78.0 Å². The monoisotopic (exact) mass is 497 g/mol. The van der Waals surface area contributed by atoms with Crippen molar-refractivity contribution in [2.75, 3.05) is 44.4 Å². The summed E-state index contributed by atoms with van der Waals surface area (Å²) in [5, 5.41) is 15.5. The molecule has 0 spiro atoms. The van der Waals surface area contributed by atoms with Crippen LogP contribution in [-0.2, 0) is 16.2 Å². The van der Waals surface area contributed by atoms with Gasteiger partial charge in [0, 0.05) is 39.2 Å². The summed E-state index contributed by atoms with van der Waals surface area (Å²) in [6, 6.07) is 9.00. The van der Waals surface area contributed by atoms with Gasteiger partial charge in [-0.05, 0) is 37.1 Å². The van der Waals surface area contributed by atoms with Crippen LogP contribution in [0.3, 0.4) is 0 Å². The molecular weight excluding hydrogens is 462 g/mol. The predicted octanol–water partition coefficient (Wildman–Crippen LogP) is 3.55. The van der Waals surface area contributed by atoms with Crippen molar-refractivity contribution in [2.24, 2.45) is 0 Å². The van der Waals surface area contributed by atoms with Gasteiger partial charge in [-0.3, -0.25) is 0 Å². The fraction of sp³-hybridized carbons (Fsp3) is 0.560. The summed E-state index contributed by atoms with van der Waals surface area (Å²) in [6.45, 7) is 11.1. The maximum Gasteiger partial charge on any atom is 0.140 e. The lowest BCUT2D eigenvalue weighted by atomic mass is 10.1. The molecule has 3 aromatic rings. The third kappa shape index (κ3) is 5.66. The molecule has 2 fully saturated rings. The van der Waals surface area contributed by atoms with Crippen LogP contribution in [0.15, 0.2) is 30.6 Å². The fourth-order valence-corrected chi connectivity index (χ4v) is 4.95. The van der Waals surface area contributed by atoms with Crippen molar-refractivity contribution in [3.05, 3.63) is 30.6 Å². The number of anilines is 1. The zero-order valence-electron chi connectivity index (χ0n) is 20.9. The molecule has 35 heavy (non-hydrogen) atoms. The van der Waals surface area contributed by atoms with E-state index in [0.717, 1.165) is 65.8 Å². The molecule has 0 atom stereocenters. The summed E-state index contributed by atoms with van der Waals surface area (Å²) in [5.41, 5.74) is 2.08. The lowest BCUT2D eigenvalue weighted by Gasteiger charge is -2.27. The first-order chi connectivity index (χ1) is 16.9. The van der Waals surface area contributed by atoms with E-state index in [2.05, 4.69) is 34.5 Å². The number of aliphatic hydroxyl groups excluding tert-OH is 1. The number of rotatable bonds is 10. The largest absolute Gasteiger partial charge is 0.485 e. The highest BCUT2D eigenvalue weighted by molar-refractivity contribution is 6.76. The number of nitrogens with zero attached hydrogens (tertiary/aromatic N) is 5. The van der Waals surface area contributed by atoms with E-state index in [9.17, 15) is 5.11 Å². The number of hydrogen-bond donors (Lipinski definition) is 1. The Balaban J connectivity index is 1.49. The topological polar surface area (TPSA) is 94.8 Å². The van der Waals surface area contributed by atoms with E-state index >= 15 is 0 Å². The van der Waals surface area contributed by atoms with E-state index in [-0.39, 0.29) is 6.61 Å².